The highest BCUT2D eigenvalue weighted by atomic mass is 16.6. The standard InChI is InChI=1S/C31H37NO5/c1-28(34,12-11-19-5-8-21(33)9-6-19)23-18-29-13-14-31(23,36-4)27-30(29)15-16-32(2)24(29)17-20-7-10-22(35-3)26(37-27)25(20)30/h5-10,13-14,23-24,27,33-34H,11-12,15-18H2,1-4H3/t23-,24?,27-,28+,29-,30?,31-/m1/s1. The highest BCUT2D eigenvalue weighted by Gasteiger charge is 2.80. The number of rotatable bonds is 6. The van der Waals surface area contributed by atoms with E-state index in [1.165, 1.54) is 11.1 Å². The molecular weight excluding hydrogens is 466 g/mol. The van der Waals surface area contributed by atoms with Crippen LogP contribution in [-0.4, -0.2) is 66.3 Å². The predicted octanol–water partition coefficient (Wildman–Crippen LogP) is 4.00. The van der Waals surface area contributed by atoms with Crippen molar-refractivity contribution in [3.63, 3.8) is 0 Å². The lowest BCUT2D eigenvalue weighted by Gasteiger charge is -2.72. The fraction of sp³-hybridized carbons (Fsp3) is 0.548. The van der Waals surface area contributed by atoms with Crippen LogP contribution in [0.3, 0.4) is 0 Å². The predicted molar refractivity (Wildman–Crippen MR) is 140 cm³/mol. The Balaban J connectivity index is 1.36. The molecule has 196 valence electrons. The van der Waals surface area contributed by atoms with Gasteiger partial charge in [-0.1, -0.05) is 30.4 Å². The van der Waals surface area contributed by atoms with Crippen LogP contribution in [-0.2, 0) is 23.0 Å². The van der Waals surface area contributed by atoms with Crippen LogP contribution in [0.4, 0.5) is 0 Å². The van der Waals surface area contributed by atoms with Crippen molar-refractivity contribution in [3.8, 4) is 17.2 Å². The molecule has 4 bridgehead atoms. The van der Waals surface area contributed by atoms with E-state index in [2.05, 4.69) is 36.2 Å². The molecule has 2 N–H and O–H groups in total. The van der Waals surface area contributed by atoms with E-state index in [9.17, 15) is 10.2 Å². The SMILES string of the molecule is COc1ccc2c3c1O[C@@H]1C34CCN(C)C(C2)[C@]42C=C[C@@]1(OC)[C@@H]([C@@](C)(O)CCc1ccc(O)cc1)C2. The Morgan fingerprint density at radius 3 is 2.65 bits per heavy atom. The Hall–Kier alpha value is -2.54. The summed E-state index contributed by atoms with van der Waals surface area (Å²) in [5, 5.41) is 21.9. The van der Waals surface area contributed by atoms with Gasteiger partial charge in [-0.15, -0.1) is 0 Å². The number of ether oxygens (including phenoxy) is 3. The van der Waals surface area contributed by atoms with Crippen LogP contribution >= 0.6 is 0 Å². The Kier molecular flexibility index (Phi) is 4.79. The summed E-state index contributed by atoms with van der Waals surface area (Å²) < 4.78 is 19.3. The summed E-state index contributed by atoms with van der Waals surface area (Å²) in [5.74, 6) is 1.79. The number of aliphatic hydroxyl groups is 1. The zero-order chi connectivity index (χ0) is 25.8. The molecule has 2 fully saturated rings. The minimum absolute atomic E-state index is 0.138. The lowest BCUT2D eigenvalue weighted by molar-refractivity contribution is -0.247. The Labute approximate surface area is 218 Å². The zero-order valence-electron chi connectivity index (χ0n) is 22.2. The lowest BCUT2D eigenvalue weighted by atomic mass is 9.36. The van der Waals surface area contributed by atoms with E-state index in [1.807, 2.05) is 19.1 Å². The molecule has 0 radical (unpaired) electrons. The molecule has 4 aliphatic carbocycles. The molecule has 0 aromatic heterocycles. The van der Waals surface area contributed by atoms with E-state index in [4.69, 9.17) is 14.2 Å². The molecule has 2 heterocycles. The first-order valence-electron chi connectivity index (χ1n) is 13.6. The number of aromatic hydroxyl groups is 1. The van der Waals surface area contributed by atoms with Crippen LogP contribution in [0.2, 0.25) is 0 Å². The normalized spacial score (nSPS) is 38.1. The van der Waals surface area contributed by atoms with Crippen LogP contribution in [0.5, 0.6) is 17.2 Å². The van der Waals surface area contributed by atoms with Crippen molar-refractivity contribution in [1.82, 2.24) is 4.90 Å². The molecule has 8 rings (SSSR count). The molecule has 6 nitrogen and oxygen atoms in total. The zero-order valence-corrected chi connectivity index (χ0v) is 22.2. The first kappa shape index (κ1) is 23.6. The Bertz CT molecular complexity index is 1290. The molecule has 2 spiro atoms. The second-order valence-electron chi connectivity index (χ2n) is 12.3. The molecule has 6 heteroatoms. The van der Waals surface area contributed by atoms with E-state index in [1.54, 1.807) is 26.4 Å². The molecule has 2 aromatic rings. The van der Waals surface area contributed by atoms with Gasteiger partial charge in [-0.25, -0.2) is 0 Å². The van der Waals surface area contributed by atoms with E-state index < -0.39 is 11.2 Å². The fourth-order valence-electron chi connectivity index (χ4n) is 9.14. The first-order valence-corrected chi connectivity index (χ1v) is 13.6. The maximum atomic E-state index is 12.2. The van der Waals surface area contributed by atoms with Gasteiger partial charge in [0.25, 0.3) is 0 Å². The molecule has 2 unspecified atom stereocenters. The average Bonchev–Trinajstić information content (AvgIpc) is 3.27. The molecule has 2 aromatic carbocycles. The molecule has 6 aliphatic rings. The summed E-state index contributed by atoms with van der Waals surface area (Å²) in [5.41, 5.74) is 1.71. The summed E-state index contributed by atoms with van der Waals surface area (Å²) in [7, 11) is 5.75. The van der Waals surface area contributed by atoms with E-state index in [-0.39, 0.29) is 28.6 Å². The molecular formula is C31H37NO5. The van der Waals surface area contributed by atoms with Gasteiger partial charge in [-0.3, -0.25) is 0 Å². The van der Waals surface area contributed by atoms with E-state index in [0.717, 1.165) is 49.3 Å². The highest BCUT2D eigenvalue weighted by Crippen LogP contribution is 2.75. The quantitative estimate of drug-likeness (QED) is 0.581. The van der Waals surface area contributed by atoms with Crippen LogP contribution in [0.1, 0.15) is 42.9 Å². The second-order valence-corrected chi connectivity index (χ2v) is 12.3. The van der Waals surface area contributed by atoms with Gasteiger partial charge >= 0.3 is 0 Å². The Morgan fingerprint density at radius 1 is 1.14 bits per heavy atom. The molecule has 0 amide bonds. The first-order chi connectivity index (χ1) is 17.7. The van der Waals surface area contributed by atoms with Crippen LogP contribution < -0.4 is 9.47 Å². The third-order valence-electron chi connectivity index (χ3n) is 10.9. The number of hydrogen-bond donors (Lipinski definition) is 2. The van der Waals surface area contributed by atoms with Crippen molar-refractivity contribution in [2.45, 2.75) is 67.8 Å². The molecule has 37 heavy (non-hydrogen) atoms. The minimum atomic E-state index is -0.983. The minimum Gasteiger partial charge on any atom is -0.508 e. The number of phenolic OH excluding ortho intramolecular Hbond substituents is 1. The molecule has 1 saturated heterocycles. The lowest BCUT2D eigenvalue weighted by Crippen LogP contribution is -2.80. The second kappa shape index (κ2) is 7.52. The number of benzene rings is 2. The monoisotopic (exact) mass is 503 g/mol. The largest absolute Gasteiger partial charge is 0.508 e. The van der Waals surface area contributed by atoms with Gasteiger partial charge in [0.15, 0.2) is 11.5 Å². The maximum Gasteiger partial charge on any atom is 0.166 e. The topological polar surface area (TPSA) is 71.4 Å². The summed E-state index contributed by atoms with van der Waals surface area (Å²) in [6.07, 6.45) is 8.59. The van der Waals surface area contributed by atoms with Gasteiger partial charge in [0.05, 0.1) is 18.1 Å². The van der Waals surface area contributed by atoms with Gasteiger partial charge in [0, 0.05) is 30.0 Å². The summed E-state index contributed by atoms with van der Waals surface area (Å²) in [4.78, 5) is 2.53. The van der Waals surface area contributed by atoms with Crippen molar-refractivity contribution in [3.05, 3.63) is 65.2 Å². The number of nitrogens with zero attached hydrogens (tertiary/aromatic N) is 1. The van der Waals surface area contributed by atoms with Gasteiger partial charge in [0.1, 0.15) is 17.5 Å². The van der Waals surface area contributed by atoms with Crippen molar-refractivity contribution in [2.75, 3.05) is 27.8 Å². The molecule has 1 saturated carbocycles. The van der Waals surface area contributed by atoms with Crippen molar-refractivity contribution >= 4 is 0 Å². The van der Waals surface area contributed by atoms with Crippen molar-refractivity contribution < 1.29 is 24.4 Å². The average molecular weight is 504 g/mol. The molecule has 7 atom stereocenters. The number of fused-ring (bicyclic) bond motifs is 1. The van der Waals surface area contributed by atoms with Crippen molar-refractivity contribution in [2.24, 2.45) is 11.3 Å². The third kappa shape index (κ3) is 2.71. The molecule has 2 aliphatic heterocycles. The van der Waals surface area contributed by atoms with Crippen LogP contribution in [0.15, 0.2) is 48.6 Å². The van der Waals surface area contributed by atoms with Crippen LogP contribution in [0.25, 0.3) is 0 Å². The van der Waals surface area contributed by atoms with Gasteiger partial charge in [-0.05, 0) is 81.9 Å². The Morgan fingerprint density at radius 2 is 1.92 bits per heavy atom. The maximum absolute atomic E-state index is 12.2. The van der Waals surface area contributed by atoms with Gasteiger partial charge in [-0.2, -0.15) is 0 Å². The summed E-state index contributed by atoms with van der Waals surface area (Å²) in [6, 6.07) is 11.9. The van der Waals surface area contributed by atoms with Crippen molar-refractivity contribution in [1.29, 1.82) is 0 Å². The number of aryl methyl sites for hydroxylation is 1. The summed E-state index contributed by atoms with van der Waals surface area (Å²) in [6.45, 7) is 2.99. The summed E-state index contributed by atoms with van der Waals surface area (Å²) >= 11 is 0. The fourth-order valence-corrected chi connectivity index (χ4v) is 9.14. The van der Waals surface area contributed by atoms with Crippen LogP contribution in [0, 0.1) is 11.3 Å². The number of likely N-dealkylation sites (tertiary alicyclic amines) is 1. The highest BCUT2D eigenvalue weighted by molar-refractivity contribution is 5.65. The van der Waals surface area contributed by atoms with Gasteiger partial charge < -0.3 is 29.3 Å². The number of phenols is 1. The van der Waals surface area contributed by atoms with Gasteiger partial charge in [0.2, 0.25) is 0 Å². The van der Waals surface area contributed by atoms with E-state index >= 15 is 0 Å². The van der Waals surface area contributed by atoms with E-state index in [0.29, 0.717) is 12.5 Å². The third-order valence-corrected chi connectivity index (χ3v) is 10.9. The number of likely N-dealkylation sites (N-methyl/N-ethyl adjacent to an activating group) is 1. The number of piperidine rings is 1. The smallest absolute Gasteiger partial charge is 0.166 e. The number of hydrogen-bond acceptors (Lipinski definition) is 6. The number of methoxy groups -OCH3 is 2.